The molecule has 1 N–H and O–H groups in total. The second-order valence-corrected chi connectivity index (χ2v) is 8.70. The summed E-state index contributed by atoms with van der Waals surface area (Å²) in [6.45, 7) is 4.24. The molecule has 3 aromatic carbocycles. The number of esters is 2. The molecule has 0 bridgehead atoms. The van der Waals surface area contributed by atoms with E-state index in [4.69, 9.17) is 14.2 Å². The average Bonchev–Trinajstić information content (AvgIpc) is 2.99. The van der Waals surface area contributed by atoms with Crippen LogP contribution in [0.25, 0.3) is 0 Å². The second-order valence-electron chi connectivity index (χ2n) is 8.70. The van der Waals surface area contributed by atoms with Crippen molar-refractivity contribution in [1.29, 1.82) is 0 Å². The van der Waals surface area contributed by atoms with Gasteiger partial charge < -0.3 is 14.2 Å². The highest BCUT2D eigenvalue weighted by Gasteiger charge is 2.19. The van der Waals surface area contributed by atoms with E-state index in [1.165, 1.54) is 12.3 Å². The van der Waals surface area contributed by atoms with E-state index >= 15 is 0 Å². The number of benzene rings is 3. The van der Waals surface area contributed by atoms with Crippen LogP contribution in [0.3, 0.4) is 0 Å². The van der Waals surface area contributed by atoms with Gasteiger partial charge in [-0.15, -0.1) is 0 Å². The third-order valence-corrected chi connectivity index (χ3v) is 5.69. The van der Waals surface area contributed by atoms with Gasteiger partial charge in [-0.1, -0.05) is 6.58 Å². The molecule has 0 aliphatic rings. The molecule has 0 heterocycles. The summed E-state index contributed by atoms with van der Waals surface area (Å²) in [4.78, 5) is 44.1. The lowest BCUT2D eigenvalue weighted by Gasteiger charge is -2.08. The number of ether oxygens (including phenoxy) is 3. The smallest absolute Gasteiger partial charge is 0.343 e. The average molecular weight is 577 g/mol. The summed E-state index contributed by atoms with van der Waals surface area (Å²) in [7, 11) is 0. The van der Waals surface area contributed by atoms with Crippen LogP contribution in [0.1, 0.15) is 41.6 Å². The first-order valence-electron chi connectivity index (χ1n) is 12.8. The number of nitro groups is 2. The molecule has 0 aliphatic carbocycles. The molecular formula is C29H28N4O9. The zero-order chi connectivity index (χ0) is 30.3. The van der Waals surface area contributed by atoms with Crippen molar-refractivity contribution in [3.05, 3.63) is 111 Å². The van der Waals surface area contributed by atoms with Gasteiger partial charge in [-0.2, -0.15) is 5.10 Å². The van der Waals surface area contributed by atoms with Gasteiger partial charge in [0.15, 0.2) is 0 Å². The number of nitrogens with one attached hydrogen (secondary N) is 1. The molecule has 0 fully saturated rings. The highest BCUT2D eigenvalue weighted by Crippen LogP contribution is 2.29. The molecule has 0 amide bonds. The molecule has 218 valence electrons. The fourth-order valence-electron chi connectivity index (χ4n) is 3.51. The Morgan fingerprint density at radius 3 is 2.17 bits per heavy atom. The van der Waals surface area contributed by atoms with Crippen LogP contribution in [0, 0.1) is 20.2 Å². The molecule has 42 heavy (non-hydrogen) atoms. The molecule has 0 unspecified atom stereocenters. The number of hydrogen-bond donors (Lipinski definition) is 1. The van der Waals surface area contributed by atoms with E-state index in [-0.39, 0.29) is 5.69 Å². The number of rotatable bonds is 16. The Morgan fingerprint density at radius 2 is 1.52 bits per heavy atom. The van der Waals surface area contributed by atoms with Gasteiger partial charge >= 0.3 is 17.6 Å². The molecule has 0 aliphatic heterocycles. The van der Waals surface area contributed by atoms with Gasteiger partial charge in [-0.25, -0.2) is 9.59 Å². The Hall–Kier alpha value is -5.59. The Morgan fingerprint density at radius 1 is 0.857 bits per heavy atom. The molecule has 13 heteroatoms. The topological polar surface area (TPSA) is 172 Å². The van der Waals surface area contributed by atoms with Crippen molar-refractivity contribution < 1.29 is 33.6 Å². The molecule has 3 rings (SSSR count). The predicted molar refractivity (Wildman–Crippen MR) is 154 cm³/mol. The van der Waals surface area contributed by atoms with Crippen molar-refractivity contribution in [1.82, 2.24) is 0 Å². The number of non-ortho nitro benzene ring substituents is 1. The minimum Gasteiger partial charge on any atom is -0.494 e. The Kier molecular flexibility index (Phi) is 11.7. The zero-order valence-corrected chi connectivity index (χ0v) is 22.5. The Labute approximate surface area is 240 Å². The first-order valence-corrected chi connectivity index (χ1v) is 12.8. The van der Waals surface area contributed by atoms with Crippen LogP contribution in [-0.2, 0) is 9.53 Å². The molecule has 0 saturated heterocycles. The summed E-state index contributed by atoms with van der Waals surface area (Å²) in [5.41, 5.74) is 2.55. The van der Waals surface area contributed by atoms with E-state index in [1.807, 2.05) is 0 Å². The fourth-order valence-corrected chi connectivity index (χ4v) is 3.51. The maximum Gasteiger partial charge on any atom is 0.343 e. The van der Waals surface area contributed by atoms with Gasteiger partial charge in [0.1, 0.15) is 17.2 Å². The van der Waals surface area contributed by atoms with Gasteiger partial charge in [0.25, 0.3) is 5.69 Å². The number of nitrogens with zero attached hydrogens (tertiary/aromatic N) is 3. The quantitative estimate of drug-likeness (QED) is 0.0415. The van der Waals surface area contributed by atoms with Crippen LogP contribution >= 0.6 is 0 Å². The minimum atomic E-state index is -0.743. The van der Waals surface area contributed by atoms with Crippen LogP contribution in [-0.4, -0.2) is 41.2 Å². The highest BCUT2D eigenvalue weighted by atomic mass is 16.6. The van der Waals surface area contributed by atoms with Crippen molar-refractivity contribution in [3.8, 4) is 11.5 Å². The van der Waals surface area contributed by atoms with E-state index in [0.29, 0.717) is 35.8 Å². The number of anilines is 1. The largest absolute Gasteiger partial charge is 0.494 e. The Balaban J connectivity index is 1.42. The molecule has 0 atom stereocenters. The first kappa shape index (κ1) is 30.9. The molecule has 13 nitrogen and oxygen atoms in total. The lowest BCUT2D eigenvalue weighted by Crippen LogP contribution is -2.08. The van der Waals surface area contributed by atoms with Gasteiger partial charge in [-0.05, 0) is 85.8 Å². The molecular weight excluding hydrogens is 548 g/mol. The molecule has 0 spiro atoms. The highest BCUT2D eigenvalue weighted by molar-refractivity contribution is 5.91. The van der Waals surface area contributed by atoms with Crippen molar-refractivity contribution >= 4 is 35.2 Å². The van der Waals surface area contributed by atoms with E-state index in [0.717, 1.165) is 43.9 Å². The number of carbonyl (C=O) groups is 2. The lowest BCUT2D eigenvalue weighted by atomic mass is 10.2. The van der Waals surface area contributed by atoms with Crippen molar-refractivity contribution in [2.24, 2.45) is 5.10 Å². The van der Waals surface area contributed by atoms with Gasteiger partial charge in [0.05, 0.1) is 40.9 Å². The summed E-state index contributed by atoms with van der Waals surface area (Å²) in [5, 5.41) is 26.0. The van der Waals surface area contributed by atoms with Crippen molar-refractivity contribution in [2.75, 3.05) is 18.6 Å². The van der Waals surface area contributed by atoms with E-state index < -0.39 is 33.2 Å². The minimum absolute atomic E-state index is 0.00971. The van der Waals surface area contributed by atoms with E-state index in [2.05, 4.69) is 17.1 Å². The third kappa shape index (κ3) is 9.86. The van der Waals surface area contributed by atoms with Crippen LogP contribution in [0.2, 0.25) is 0 Å². The summed E-state index contributed by atoms with van der Waals surface area (Å²) in [6.07, 6.45) is 5.99. The number of unbranched alkanes of at least 4 members (excludes halogenated alkanes) is 3. The maximum atomic E-state index is 12.5. The molecule has 0 saturated carbocycles. The monoisotopic (exact) mass is 576 g/mol. The van der Waals surface area contributed by atoms with E-state index in [1.54, 1.807) is 48.5 Å². The SMILES string of the molecule is C=CC(=O)OCCCCCCOc1ccc(C(=O)Oc2ccc(/C=N/Nc3ccc([N+](=O)[O-])cc3[N+](=O)[O-])cc2)cc1. The second kappa shape index (κ2) is 15.9. The van der Waals surface area contributed by atoms with E-state index in [9.17, 15) is 29.8 Å². The van der Waals surface area contributed by atoms with Crippen molar-refractivity contribution in [3.63, 3.8) is 0 Å². The van der Waals surface area contributed by atoms with Crippen LogP contribution in [0.5, 0.6) is 11.5 Å². The normalized spacial score (nSPS) is 10.6. The molecule has 3 aromatic rings. The van der Waals surface area contributed by atoms with Crippen LogP contribution < -0.4 is 14.9 Å². The third-order valence-electron chi connectivity index (χ3n) is 5.69. The maximum absolute atomic E-state index is 12.5. The zero-order valence-electron chi connectivity index (χ0n) is 22.5. The first-order chi connectivity index (χ1) is 20.3. The van der Waals surface area contributed by atoms with Gasteiger partial charge in [-0.3, -0.25) is 25.7 Å². The number of carbonyl (C=O) groups excluding carboxylic acids is 2. The molecule has 0 aromatic heterocycles. The number of nitro benzene ring substituents is 2. The predicted octanol–water partition coefficient (Wildman–Crippen LogP) is 5.84. The Bertz CT molecular complexity index is 1440. The van der Waals surface area contributed by atoms with Gasteiger partial charge in [0, 0.05) is 12.1 Å². The van der Waals surface area contributed by atoms with Crippen LogP contribution in [0.4, 0.5) is 17.1 Å². The van der Waals surface area contributed by atoms with Gasteiger partial charge in [0.2, 0.25) is 0 Å². The number of hydrogen-bond acceptors (Lipinski definition) is 11. The molecule has 0 radical (unpaired) electrons. The van der Waals surface area contributed by atoms with Crippen LogP contribution in [0.15, 0.2) is 84.5 Å². The summed E-state index contributed by atoms with van der Waals surface area (Å²) in [5.74, 6) is -0.0365. The van der Waals surface area contributed by atoms with Crippen molar-refractivity contribution in [2.45, 2.75) is 25.7 Å². The summed E-state index contributed by atoms with van der Waals surface area (Å²) < 4.78 is 16.0. The lowest BCUT2D eigenvalue weighted by molar-refractivity contribution is -0.393. The number of hydrazone groups is 1. The fraction of sp³-hybridized carbons (Fsp3) is 0.207. The summed E-state index contributed by atoms with van der Waals surface area (Å²) in [6, 6.07) is 16.2. The standard InChI is InChI=1S/C29H28N4O9/c1-2-28(34)41-18-6-4-3-5-17-40-24-14-9-22(10-15-24)29(35)42-25-12-7-21(8-13-25)20-30-31-26-16-11-23(32(36)37)19-27(26)33(38)39/h2,7-16,19-20,31H,1,3-6,17-18H2/b30-20+. The summed E-state index contributed by atoms with van der Waals surface area (Å²) >= 11 is 0.